The van der Waals surface area contributed by atoms with Gasteiger partial charge in [-0.25, -0.2) is 13.9 Å². The van der Waals surface area contributed by atoms with Gasteiger partial charge in [-0.2, -0.15) is 4.37 Å². The summed E-state index contributed by atoms with van der Waals surface area (Å²) >= 11 is 1.20. The number of carbonyl (C=O) groups excluding carboxylic acids is 1. The minimum atomic E-state index is -0.571. The van der Waals surface area contributed by atoms with Crippen molar-refractivity contribution in [2.75, 3.05) is 24.3 Å². The summed E-state index contributed by atoms with van der Waals surface area (Å²) in [6.07, 6.45) is 4.87. The Hall–Kier alpha value is -2.85. The number of nitrogens with one attached hydrogen (secondary N) is 1. The van der Waals surface area contributed by atoms with Crippen LogP contribution in [-0.4, -0.2) is 38.1 Å². The molecule has 0 radical (unpaired) electrons. The Bertz CT molecular complexity index is 1040. The fourth-order valence-corrected chi connectivity index (χ4v) is 3.73. The Balaban J connectivity index is 1.70. The molecule has 3 N–H and O–H groups in total. The number of nitrogens with zero attached hydrogens (tertiary/aromatic N) is 4. The molecular formula is C16H15FN6O2S. The Morgan fingerprint density at radius 1 is 1.50 bits per heavy atom. The lowest BCUT2D eigenvalue weighted by atomic mass is 10.0. The zero-order valence-electron chi connectivity index (χ0n) is 13.8. The highest BCUT2D eigenvalue weighted by Crippen LogP contribution is 2.34. The third kappa shape index (κ3) is 2.82. The number of hydrogen-bond acceptors (Lipinski definition) is 7. The van der Waals surface area contributed by atoms with Gasteiger partial charge >= 0.3 is 0 Å². The number of rotatable bonds is 3. The highest BCUT2D eigenvalue weighted by atomic mass is 32.1. The highest BCUT2D eigenvalue weighted by Gasteiger charge is 2.23. The molecule has 0 fully saturated rings. The van der Waals surface area contributed by atoms with Gasteiger partial charge in [-0.05, 0) is 30.5 Å². The van der Waals surface area contributed by atoms with Crippen LogP contribution >= 0.6 is 11.5 Å². The first kappa shape index (κ1) is 16.6. The normalized spacial score (nSPS) is 14.5. The first-order valence-electron chi connectivity index (χ1n) is 7.88. The molecule has 3 aromatic rings. The van der Waals surface area contributed by atoms with Crippen LogP contribution in [0.25, 0.3) is 11.2 Å². The van der Waals surface area contributed by atoms with E-state index in [1.54, 1.807) is 0 Å². The van der Waals surface area contributed by atoms with Gasteiger partial charge in [0.2, 0.25) is 0 Å². The second kappa shape index (κ2) is 6.46. The van der Waals surface area contributed by atoms with Crippen LogP contribution in [0.1, 0.15) is 28.0 Å². The van der Waals surface area contributed by atoms with E-state index in [-0.39, 0.29) is 17.0 Å². The molecule has 0 unspecified atom stereocenters. The Morgan fingerprint density at radius 2 is 2.35 bits per heavy atom. The van der Waals surface area contributed by atoms with Gasteiger partial charge in [0.1, 0.15) is 10.6 Å². The number of halogens is 1. The quantitative estimate of drug-likeness (QED) is 0.728. The molecule has 0 aliphatic carbocycles. The Kier molecular flexibility index (Phi) is 4.13. The van der Waals surface area contributed by atoms with Crippen LogP contribution in [-0.2, 0) is 4.74 Å². The average Bonchev–Trinajstić information content (AvgIpc) is 3.14. The molecule has 4 heterocycles. The van der Waals surface area contributed by atoms with Crippen LogP contribution < -0.4 is 11.1 Å². The predicted octanol–water partition coefficient (Wildman–Crippen LogP) is 2.27. The number of anilines is 2. The molecule has 3 aromatic heterocycles. The van der Waals surface area contributed by atoms with E-state index < -0.39 is 11.7 Å². The van der Waals surface area contributed by atoms with Crippen molar-refractivity contribution >= 4 is 39.5 Å². The summed E-state index contributed by atoms with van der Waals surface area (Å²) in [6.45, 7) is 3.06. The minimum Gasteiger partial charge on any atom is -0.381 e. The van der Waals surface area contributed by atoms with E-state index in [2.05, 4.69) is 19.8 Å². The van der Waals surface area contributed by atoms with Gasteiger partial charge in [-0.3, -0.25) is 4.79 Å². The third-order valence-corrected chi connectivity index (χ3v) is 4.92. The third-order valence-electron chi connectivity index (χ3n) is 4.07. The van der Waals surface area contributed by atoms with E-state index in [1.165, 1.54) is 11.5 Å². The minimum absolute atomic E-state index is 0.0198. The second-order valence-corrected chi connectivity index (χ2v) is 6.55. The van der Waals surface area contributed by atoms with Crippen molar-refractivity contribution < 1.29 is 13.9 Å². The van der Waals surface area contributed by atoms with Gasteiger partial charge < -0.3 is 15.8 Å². The van der Waals surface area contributed by atoms with Crippen molar-refractivity contribution in [1.29, 1.82) is 0 Å². The van der Waals surface area contributed by atoms with Crippen LogP contribution in [0.4, 0.5) is 15.2 Å². The fraction of sp³-hybridized carbons (Fsp3) is 0.250. The molecule has 0 spiro atoms. The zero-order valence-corrected chi connectivity index (χ0v) is 14.6. The summed E-state index contributed by atoms with van der Waals surface area (Å²) in [7, 11) is 0. The summed E-state index contributed by atoms with van der Waals surface area (Å²) in [6, 6.07) is 0. The Labute approximate surface area is 151 Å². The molecule has 4 rings (SSSR count). The monoisotopic (exact) mass is 374 g/mol. The first-order valence-corrected chi connectivity index (χ1v) is 8.66. The lowest BCUT2D eigenvalue weighted by Gasteiger charge is -2.14. The molecule has 134 valence electrons. The number of fused-ring (bicyclic) bond motifs is 1. The van der Waals surface area contributed by atoms with Crippen molar-refractivity contribution in [2.24, 2.45) is 0 Å². The standard InChI is InChI=1S/C16H15FN6O2S/c1-8-11(9-2-4-25-5-3-9)16(26-22-8)20-15(24)12-13(18)21-23-7-10(17)6-19-14(12)23/h2,6-7H,3-5H2,1H3,(H2,18,21)(H,20,24). The summed E-state index contributed by atoms with van der Waals surface area (Å²) < 4.78 is 24.1. The molecule has 1 amide bonds. The van der Waals surface area contributed by atoms with Gasteiger partial charge in [0, 0.05) is 5.56 Å². The maximum Gasteiger partial charge on any atom is 0.264 e. The van der Waals surface area contributed by atoms with Gasteiger partial charge in [-0.1, -0.05) is 6.08 Å². The number of hydrogen-bond donors (Lipinski definition) is 2. The van der Waals surface area contributed by atoms with E-state index in [0.717, 1.165) is 40.2 Å². The lowest BCUT2D eigenvalue weighted by molar-refractivity contribution is 0.102. The maximum atomic E-state index is 13.3. The summed E-state index contributed by atoms with van der Waals surface area (Å²) in [4.78, 5) is 16.7. The number of nitrogen functional groups attached to an aromatic ring is 1. The van der Waals surface area contributed by atoms with Crippen LogP contribution in [0.2, 0.25) is 0 Å². The smallest absolute Gasteiger partial charge is 0.264 e. The van der Waals surface area contributed by atoms with Gasteiger partial charge in [0.15, 0.2) is 17.3 Å². The second-order valence-electron chi connectivity index (χ2n) is 5.78. The molecule has 1 aliphatic rings. The number of nitrogens with two attached hydrogens (primary N) is 1. The predicted molar refractivity (Wildman–Crippen MR) is 95.6 cm³/mol. The van der Waals surface area contributed by atoms with Gasteiger partial charge in [0.05, 0.1) is 31.3 Å². The number of amides is 1. The van der Waals surface area contributed by atoms with Crippen LogP contribution in [0.3, 0.4) is 0 Å². The topological polar surface area (TPSA) is 107 Å². The van der Waals surface area contributed by atoms with Crippen LogP contribution in [0, 0.1) is 12.7 Å². The van der Waals surface area contributed by atoms with E-state index in [4.69, 9.17) is 10.5 Å². The SMILES string of the molecule is Cc1nsc(NC(=O)c2c(N)nn3cc(F)cnc23)c1C1=CCOCC1. The molecule has 1 aliphatic heterocycles. The van der Waals surface area contributed by atoms with E-state index in [9.17, 15) is 9.18 Å². The number of ether oxygens (including phenoxy) is 1. The number of carbonyl (C=O) groups is 1. The zero-order chi connectivity index (χ0) is 18.3. The van der Waals surface area contributed by atoms with Gasteiger partial charge in [-0.15, -0.1) is 5.10 Å². The number of aryl methyl sites for hydroxylation is 1. The summed E-state index contributed by atoms with van der Waals surface area (Å²) in [5.74, 6) is -1.05. The van der Waals surface area contributed by atoms with E-state index in [1.807, 2.05) is 13.0 Å². The van der Waals surface area contributed by atoms with Crippen molar-refractivity contribution in [2.45, 2.75) is 13.3 Å². The molecular weight excluding hydrogens is 359 g/mol. The molecule has 0 aromatic carbocycles. The van der Waals surface area contributed by atoms with Crippen molar-refractivity contribution in [3.8, 4) is 0 Å². The van der Waals surface area contributed by atoms with Crippen molar-refractivity contribution in [1.82, 2.24) is 19.0 Å². The first-order chi connectivity index (χ1) is 12.5. The van der Waals surface area contributed by atoms with E-state index >= 15 is 0 Å². The molecule has 8 nitrogen and oxygen atoms in total. The fourth-order valence-electron chi connectivity index (χ4n) is 2.90. The molecule has 0 atom stereocenters. The van der Waals surface area contributed by atoms with E-state index in [0.29, 0.717) is 18.2 Å². The van der Waals surface area contributed by atoms with Crippen LogP contribution in [0.5, 0.6) is 0 Å². The molecule has 0 saturated carbocycles. The van der Waals surface area contributed by atoms with Crippen molar-refractivity contribution in [3.63, 3.8) is 0 Å². The lowest BCUT2D eigenvalue weighted by Crippen LogP contribution is -2.14. The molecule has 0 bridgehead atoms. The molecule has 26 heavy (non-hydrogen) atoms. The summed E-state index contributed by atoms with van der Waals surface area (Å²) in [5.41, 5.74) is 8.97. The number of aromatic nitrogens is 4. The Morgan fingerprint density at radius 3 is 3.12 bits per heavy atom. The maximum absolute atomic E-state index is 13.3. The summed E-state index contributed by atoms with van der Waals surface area (Å²) in [5, 5.41) is 7.42. The largest absolute Gasteiger partial charge is 0.381 e. The average molecular weight is 374 g/mol. The highest BCUT2D eigenvalue weighted by molar-refractivity contribution is 7.10. The molecule has 0 saturated heterocycles. The van der Waals surface area contributed by atoms with Crippen molar-refractivity contribution in [3.05, 3.63) is 41.1 Å². The molecule has 10 heteroatoms. The van der Waals surface area contributed by atoms with Crippen LogP contribution in [0.15, 0.2) is 18.5 Å². The van der Waals surface area contributed by atoms with Gasteiger partial charge in [0.25, 0.3) is 5.91 Å².